The normalized spacial score (nSPS) is 10.6. The van der Waals surface area contributed by atoms with E-state index in [0.29, 0.717) is 22.4 Å². The zero-order chi connectivity index (χ0) is 22.9. The van der Waals surface area contributed by atoms with E-state index in [2.05, 4.69) is 46.6 Å². The highest BCUT2D eigenvalue weighted by Crippen LogP contribution is 2.34. The number of benzene rings is 2. The van der Waals surface area contributed by atoms with Crippen molar-refractivity contribution in [1.29, 1.82) is 0 Å². The molecule has 1 aromatic heterocycles. The molecular formula is C25H31N5OS. The molecule has 0 radical (unpaired) electrons. The largest absolute Gasteiger partial charge is 0.362 e. The summed E-state index contributed by atoms with van der Waals surface area (Å²) in [4.78, 5) is 26.4. The van der Waals surface area contributed by atoms with Crippen molar-refractivity contribution >= 4 is 41.4 Å². The summed E-state index contributed by atoms with van der Waals surface area (Å²) in [7, 11) is 0. The van der Waals surface area contributed by atoms with E-state index in [-0.39, 0.29) is 12.5 Å². The van der Waals surface area contributed by atoms with Gasteiger partial charge in [-0.05, 0) is 44.0 Å². The van der Waals surface area contributed by atoms with Gasteiger partial charge in [0.2, 0.25) is 5.91 Å². The van der Waals surface area contributed by atoms with Gasteiger partial charge in [0.05, 0.1) is 6.54 Å². The number of carbonyl (C=O) groups is 1. The van der Waals surface area contributed by atoms with E-state index in [0.717, 1.165) is 37.3 Å². The Morgan fingerprint density at radius 3 is 2.09 bits per heavy atom. The lowest BCUT2D eigenvalue weighted by atomic mass is 10.2. The van der Waals surface area contributed by atoms with Crippen LogP contribution >= 0.6 is 12.6 Å². The molecule has 168 valence electrons. The molecule has 0 atom stereocenters. The molecule has 3 rings (SSSR count). The summed E-state index contributed by atoms with van der Waals surface area (Å²) >= 11 is 4.58. The van der Waals surface area contributed by atoms with Gasteiger partial charge in [0.15, 0.2) is 5.82 Å². The van der Waals surface area contributed by atoms with Crippen molar-refractivity contribution in [3.8, 4) is 0 Å². The third-order valence-electron chi connectivity index (χ3n) is 4.97. The van der Waals surface area contributed by atoms with Gasteiger partial charge in [0.1, 0.15) is 16.5 Å². The van der Waals surface area contributed by atoms with Crippen LogP contribution in [-0.2, 0) is 4.79 Å². The maximum atomic E-state index is 13.1. The van der Waals surface area contributed by atoms with Gasteiger partial charge in [-0.1, -0.05) is 50.2 Å². The Bertz CT molecular complexity index is 1010. The molecule has 2 aromatic carbocycles. The molecule has 1 N–H and O–H groups in total. The summed E-state index contributed by atoms with van der Waals surface area (Å²) in [6, 6.07) is 20.0. The highest BCUT2D eigenvalue weighted by atomic mass is 32.1. The monoisotopic (exact) mass is 449 g/mol. The Labute approximate surface area is 196 Å². The first kappa shape index (κ1) is 23.6. The van der Waals surface area contributed by atoms with Gasteiger partial charge in [-0.2, -0.15) is 0 Å². The number of carbonyl (C=O) groups excluding carboxylic acids is 1. The maximum Gasteiger partial charge on any atom is 0.244 e. The van der Waals surface area contributed by atoms with Gasteiger partial charge in [-0.15, -0.1) is 12.6 Å². The second kappa shape index (κ2) is 11.5. The second-order valence-electron chi connectivity index (χ2n) is 7.59. The van der Waals surface area contributed by atoms with Gasteiger partial charge in [0.25, 0.3) is 0 Å². The van der Waals surface area contributed by atoms with E-state index in [1.165, 1.54) is 0 Å². The molecular weight excluding hydrogens is 418 g/mol. The minimum Gasteiger partial charge on any atom is -0.362 e. The topological polar surface area (TPSA) is 61.4 Å². The number of anilines is 4. The van der Waals surface area contributed by atoms with Gasteiger partial charge in [0, 0.05) is 24.5 Å². The first-order valence-electron chi connectivity index (χ1n) is 11.0. The molecule has 6 nitrogen and oxygen atoms in total. The Kier molecular flexibility index (Phi) is 8.50. The quantitative estimate of drug-likeness (QED) is 0.317. The molecule has 0 saturated carbocycles. The fourth-order valence-corrected chi connectivity index (χ4v) is 3.90. The lowest BCUT2D eigenvalue weighted by Gasteiger charge is -2.27. The molecule has 0 aliphatic carbocycles. The van der Waals surface area contributed by atoms with Crippen LogP contribution in [0.25, 0.3) is 0 Å². The van der Waals surface area contributed by atoms with Crippen molar-refractivity contribution in [2.75, 3.05) is 34.8 Å². The SMILES string of the molecule is CCCN(CC(=O)Nc1c(S)nc(C)nc1N(CCC)c1ccccc1)c1ccccc1. The first-order valence-corrected chi connectivity index (χ1v) is 11.5. The average Bonchev–Trinajstić information content (AvgIpc) is 2.80. The van der Waals surface area contributed by atoms with E-state index in [1.54, 1.807) is 0 Å². The Morgan fingerprint density at radius 1 is 0.906 bits per heavy atom. The summed E-state index contributed by atoms with van der Waals surface area (Å²) in [5.41, 5.74) is 2.56. The van der Waals surface area contributed by atoms with Crippen molar-refractivity contribution < 1.29 is 4.79 Å². The fourth-order valence-electron chi connectivity index (χ4n) is 3.60. The van der Waals surface area contributed by atoms with Gasteiger partial charge >= 0.3 is 0 Å². The lowest BCUT2D eigenvalue weighted by molar-refractivity contribution is -0.115. The second-order valence-corrected chi connectivity index (χ2v) is 8.01. The van der Waals surface area contributed by atoms with Crippen molar-refractivity contribution in [1.82, 2.24) is 9.97 Å². The molecule has 0 aliphatic rings. The fraction of sp³-hybridized carbons (Fsp3) is 0.320. The predicted octanol–water partition coefficient (Wildman–Crippen LogP) is 5.48. The van der Waals surface area contributed by atoms with E-state index in [4.69, 9.17) is 4.98 Å². The molecule has 0 bridgehead atoms. The van der Waals surface area contributed by atoms with Crippen LogP contribution in [0, 0.1) is 6.92 Å². The molecule has 1 amide bonds. The van der Waals surface area contributed by atoms with E-state index >= 15 is 0 Å². The van der Waals surface area contributed by atoms with Crippen molar-refractivity contribution in [2.24, 2.45) is 0 Å². The van der Waals surface area contributed by atoms with Crippen LogP contribution < -0.4 is 15.1 Å². The smallest absolute Gasteiger partial charge is 0.244 e. The summed E-state index contributed by atoms with van der Waals surface area (Å²) in [5, 5.41) is 3.51. The number of rotatable bonds is 10. The number of hydrogen-bond donors (Lipinski definition) is 2. The summed E-state index contributed by atoms with van der Waals surface area (Å²) < 4.78 is 0. The van der Waals surface area contributed by atoms with E-state index in [9.17, 15) is 4.79 Å². The Hall–Kier alpha value is -3.06. The number of aromatic nitrogens is 2. The molecule has 0 unspecified atom stereocenters. The number of thiol groups is 1. The van der Waals surface area contributed by atoms with Crippen LogP contribution in [-0.4, -0.2) is 35.5 Å². The first-order chi connectivity index (χ1) is 15.5. The summed E-state index contributed by atoms with van der Waals surface area (Å²) in [6.45, 7) is 7.83. The van der Waals surface area contributed by atoms with Crippen molar-refractivity contribution in [3.05, 3.63) is 66.5 Å². The summed E-state index contributed by atoms with van der Waals surface area (Å²) in [6.07, 6.45) is 1.86. The van der Waals surface area contributed by atoms with Crippen LogP contribution in [0.2, 0.25) is 0 Å². The highest BCUT2D eigenvalue weighted by molar-refractivity contribution is 7.80. The number of amides is 1. The molecule has 32 heavy (non-hydrogen) atoms. The van der Waals surface area contributed by atoms with Crippen LogP contribution in [0.3, 0.4) is 0 Å². The molecule has 0 fully saturated rings. The Balaban J connectivity index is 1.91. The predicted molar refractivity (Wildman–Crippen MR) is 135 cm³/mol. The minimum atomic E-state index is -0.129. The van der Waals surface area contributed by atoms with Crippen LogP contribution in [0.5, 0.6) is 0 Å². The van der Waals surface area contributed by atoms with Crippen LogP contribution in [0.15, 0.2) is 65.7 Å². The number of nitrogens with zero attached hydrogens (tertiary/aromatic N) is 4. The van der Waals surface area contributed by atoms with E-state index in [1.807, 2.05) is 67.6 Å². The van der Waals surface area contributed by atoms with Gasteiger partial charge < -0.3 is 15.1 Å². The number of nitrogens with one attached hydrogen (secondary N) is 1. The molecule has 7 heteroatoms. The third kappa shape index (κ3) is 6.01. The van der Waals surface area contributed by atoms with Crippen LogP contribution in [0.4, 0.5) is 22.9 Å². The van der Waals surface area contributed by atoms with Crippen molar-refractivity contribution in [3.63, 3.8) is 0 Å². The van der Waals surface area contributed by atoms with Crippen LogP contribution in [0.1, 0.15) is 32.5 Å². The Morgan fingerprint density at radius 2 is 1.50 bits per heavy atom. The molecule has 0 spiro atoms. The lowest BCUT2D eigenvalue weighted by Crippen LogP contribution is -2.34. The molecule has 3 aromatic rings. The van der Waals surface area contributed by atoms with Gasteiger partial charge in [-0.25, -0.2) is 9.97 Å². The summed E-state index contributed by atoms with van der Waals surface area (Å²) in [5.74, 6) is 1.14. The standard InChI is InChI=1S/C25H31N5OS/c1-4-16-29(20-12-8-6-9-13-20)18-22(31)28-23-24(26-19(3)27-25(23)32)30(17-5-2)21-14-10-7-11-15-21/h6-15H,4-5,16-18H2,1-3H3,(H,28,31)(H,26,27,32). The van der Waals surface area contributed by atoms with Crippen molar-refractivity contribution in [2.45, 2.75) is 38.6 Å². The average molecular weight is 450 g/mol. The van der Waals surface area contributed by atoms with E-state index < -0.39 is 0 Å². The molecule has 0 aliphatic heterocycles. The molecule has 1 heterocycles. The molecule has 0 saturated heterocycles. The maximum absolute atomic E-state index is 13.1. The highest BCUT2D eigenvalue weighted by Gasteiger charge is 2.21. The number of aryl methyl sites for hydroxylation is 1. The zero-order valence-corrected chi connectivity index (χ0v) is 19.8. The number of hydrogen-bond acceptors (Lipinski definition) is 6. The minimum absolute atomic E-state index is 0.129. The zero-order valence-electron chi connectivity index (χ0n) is 19.0. The van der Waals surface area contributed by atoms with Gasteiger partial charge in [-0.3, -0.25) is 4.79 Å². The number of para-hydroxylation sites is 2. The third-order valence-corrected chi connectivity index (χ3v) is 5.29.